The van der Waals surface area contributed by atoms with Crippen molar-refractivity contribution in [3.8, 4) is 0 Å². The van der Waals surface area contributed by atoms with E-state index in [2.05, 4.69) is 10.6 Å². The number of nitrogens with two attached hydrogens (primary N) is 1. The van der Waals surface area contributed by atoms with E-state index in [0.717, 1.165) is 25.9 Å². The van der Waals surface area contributed by atoms with Crippen LogP contribution in [0.2, 0.25) is 5.02 Å². The molecule has 0 radical (unpaired) electrons. The minimum Gasteiger partial charge on any atom is -0.368 e. The molecule has 0 aromatic heterocycles. The van der Waals surface area contributed by atoms with Crippen LogP contribution in [-0.2, 0) is 4.79 Å². The standard InChI is InChI=1S/C14H19ClN4O2/c15-10-2-1-3-11(8-10)18-14(21)19(9-13(16)20)12-4-6-17-7-5-12/h1-3,8,12,17H,4-7,9H2,(H2,16,20)(H,18,21). The molecule has 1 aromatic rings. The molecule has 21 heavy (non-hydrogen) atoms. The molecule has 0 atom stereocenters. The SMILES string of the molecule is NC(=O)CN(C(=O)Nc1cccc(Cl)c1)C1CCNCC1. The van der Waals surface area contributed by atoms with Gasteiger partial charge >= 0.3 is 6.03 Å². The summed E-state index contributed by atoms with van der Waals surface area (Å²) in [6.07, 6.45) is 1.60. The van der Waals surface area contributed by atoms with Gasteiger partial charge in [-0.3, -0.25) is 4.79 Å². The average molecular weight is 311 g/mol. The number of primary amides is 1. The molecule has 1 fully saturated rings. The highest BCUT2D eigenvalue weighted by molar-refractivity contribution is 6.30. The maximum Gasteiger partial charge on any atom is 0.322 e. The van der Waals surface area contributed by atoms with Crippen LogP contribution in [0.15, 0.2) is 24.3 Å². The van der Waals surface area contributed by atoms with E-state index < -0.39 is 5.91 Å². The van der Waals surface area contributed by atoms with Gasteiger partial charge in [-0.25, -0.2) is 4.79 Å². The molecule has 4 N–H and O–H groups in total. The molecule has 0 aliphatic carbocycles. The predicted octanol–water partition coefficient (Wildman–Crippen LogP) is 1.41. The normalized spacial score (nSPS) is 15.5. The smallest absolute Gasteiger partial charge is 0.322 e. The second-order valence-corrected chi connectivity index (χ2v) is 5.45. The lowest BCUT2D eigenvalue weighted by Crippen LogP contribution is -2.50. The molecule has 6 nitrogen and oxygen atoms in total. The van der Waals surface area contributed by atoms with E-state index in [9.17, 15) is 9.59 Å². The van der Waals surface area contributed by atoms with E-state index in [1.165, 1.54) is 4.90 Å². The van der Waals surface area contributed by atoms with E-state index in [4.69, 9.17) is 17.3 Å². The summed E-state index contributed by atoms with van der Waals surface area (Å²) in [5, 5.41) is 6.52. The van der Waals surface area contributed by atoms with Crippen LogP contribution in [0.25, 0.3) is 0 Å². The van der Waals surface area contributed by atoms with Crippen molar-refractivity contribution in [1.82, 2.24) is 10.2 Å². The number of halogens is 1. The molecule has 114 valence electrons. The Balaban J connectivity index is 2.07. The predicted molar refractivity (Wildman–Crippen MR) is 82.3 cm³/mol. The Hall–Kier alpha value is -1.79. The first-order chi connectivity index (χ1) is 10.1. The quantitative estimate of drug-likeness (QED) is 0.786. The van der Waals surface area contributed by atoms with E-state index in [1.807, 2.05) is 0 Å². The number of nitrogens with zero attached hydrogens (tertiary/aromatic N) is 1. The van der Waals surface area contributed by atoms with Crippen molar-refractivity contribution in [2.45, 2.75) is 18.9 Å². The van der Waals surface area contributed by atoms with Gasteiger partial charge in [0, 0.05) is 16.8 Å². The van der Waals surface area contributed by atoms with Crippen LogP contribution >= 0.6 is 11.6 Å². The summed E-state index contributed by atoms with van der Waals surface area (Å²) in [6.45, 7) is 1.56. The summed E-state index contributed by atoms with van der Waals surface area (Å²) in [5.41, 5.74) is 5.85. The molecule has 7 heteroatoms. The zero-order valence-corrected chi connectivity index (χ0v) is 12.4. The molecule has 1 heterocycles. The minimum absolute atomic E-state index is 0.0120. The first kappa shape index (κ1) is 15.6. The monoisotopic (exact) mass is 310 g/mol. The van der Waals surface area contributed by atoms with Gasteiger partial charge in [0.15, 0.2) is 0 Å². The van der Waals surface area contributed by atoms with Crippen LogP contribution in [0.4, 0.5) is 10.5 Å². The van der Waals surface area contributed by atoms with E-state index in [0.29, 0.717) is 10.7 Å². The Labute approximate surface area is 128 Å². The highest BCUT2D eigenvalue weighted by Gasteiger charge is 2.26. The summed E-state index contributed by atoms with van der Waals surface area (Å²) >= 11 is 5.89. The Kier molecular flexibility index (Phi) is 5.41. The lowest BCUT2D eigenvalue weighted by Gasteiger charge is -2.33. The van der Waals surface area contributed by atoms with Crippen LogP contribution in [0.3, 0.4) is 0 Å². The van der Waals surface area contributed by atoms with E-state index >= 15 is 0 Å². The number of carbonyl (C=O) groups is 2. The molecular weight excluding hydrogens is 292 g/mol. The Morgan fingerprint density at radius 3 is 2.71 bits per heavy atom. The van der Waals surface area contributed by atoms with E-state index in [-0.39, 0.29) is 18.6 Å². The van der Waals surface area contributed by atoms with E-state index in [1.54, 1.807) is 24.3 Å². The molecule has 2 rings (SSSR count). The average Bonchev–Trinajstić information content (AvgIpc) is 2.45. The third kappa shape index (κ3) is 4.61. The number of carbonyl (C=O) groups excluding carboxylic acids is 2. The maximum absolute atomic E-state index is 12.4. The van der Waals surface area contributed by atoms with Crippen LogP contribution in [-0.4, -0.2) is 42.5 Å². The zero-order valence-electron chi connectivity index (χ0n) is 11.6. The Morgan fingerprint density at radius 2 is 2.10 bits per heavy atom. The largest absolute Gasteiger partial charge is 0.368 e. The Morgan fingerprint density at radius 1 is 1.38 bits per heavy atom. The highest BCUT2D eigenvalue weighted by atomic mass is 35.5. The van der Waals surface area contributed by atoms with Crippen LogP contribution in [0, 0.1) is 0 Å². The zero-order chi connectivity index (χ0) is 15.2. The lowest BCUT2D eigenvalue weighted by atomic mass is 10.1. The third-order valence-corrected chi connectivity index (χ3v) is 3.65. The fourth-order valence-electron chi connectivity index (χ4n) is 2.41. The van der Waals surface area contributed by atoms with Gasteiger partial charge in [-0.05, 0) is 44.1 Å². The van der Waals surface area contributed by atoms with Gasteiger partial charge in [0.05, 0.1) is 0 Å². The van der Waals surface area contributed by atoms with Crippen molar-refractivity contribution in [3.05, 3.63) is 29.3 Å². The van der Waals surface area contributed by atoms with Gasteiger partial charge in [-0.15, -0.1) is 0 Å². The number of hydrogen-bond acceptors (Lipinski definition) is 3. The fourth-order valence-corrected chi connectivity index (χ4v) is 2.60. The Bertz CT molecular complexity index is 517. The van der Waals surface area contributed by atoms with Gasteiger partial charge in [0.25, 0.3) is 0 Å². The number of anilines is 1. The second kappa shape index (κ2) is 7.28. The van der Waals surface area contributed by atoms with Crippen LogP contribution in [0.1, 0.15) is 12.8 Å². The minimum atomic E-state index is -0.519. The summed E-state index contributed by atoms with van der Waals surface area (Å²) in [4.78, 5) is 25.1. The van der Waals surface area contributed by atoms with Crippen molar-refractivity contribution in [2.24, 2.45) is 5.73 Å². The molecule has 0 unspecified atom stereocenters. The number of nitrogens with one attached hydrogen (secondary N) is 2. The first-order valence-electron chi connectivity index (χ1n) is 6.88. The number of benzene rings is 1. The molecule has 1 saturated heterocycles. The van der Waals surface area contributed by atoms with Crippen molar-refractivity contribution < 1.29 is 9.59 Å². The van der Waals surface area contributed by atoms with Gasteiger partial charge in [0.2, 0.25) is 5.91 Å². The number of rotatable bonds is 4. The number of urea groups is 1. The summed E-state index contributed by atoms with van der Waals surface area (Å²) in [6, 6.07) is 6.56. The molecule has 1 aliphatic rings. The van der Waals surface area contributed by atoms with Gasteiger partial charge in [0.1, 0.15) is 6.54 Å². The third-order valence-electron chi connectivity index (χ3n) is 3.41. The summed E-state index contributed by atoms with van der Waals surface area (Å²) in [7, 11) is 0. The van der Waals surface area contributed by atoms with Crippen LogP contribution < -0.4 is 16.4 Å². The van der Waals surface area contributed by atoms with Gasteiger partial charge < -0.3 is 21.3 Å². The van der Waals surface area contributed by atoms with Crippen molar-refractivity contribution in [1.29, 1.82) is 0 Å². The van der Waals surface area contributed by atoms with Crippen LogP contribution in [0.5, 0.6) is 0 Å². The van der Waals surface area contributed by atoms with Crippen molar-refractivity contribution in [3.63, 3.8) is 0 Å². The molecule has 1 aliphatic heterocycles. The van der Waals surface area contributed by atoms with Gasteiger partial charge in [-0.1, -0.05) is 17.7 Å². The molecular formula is C14H19ClN4O2. The molecule has 3 amide bonds. The number of amides is 3. The van der Waals surface area contributed by atoms with Crippen molar-refractivity contribution in [2.75, 3.05) is 25.0 Å². The highest BCUT2D eigenvalue weighted by Crippen LogP contribution is 2.17. The molecule has 0 bridgehead atoms. The maximum atomic E-state index is 12.4. The lowest BCUT2D eigenvalue weighted by molar-refractivity contribution is -0.119. The summed E-state index contributed by atoms with van der Waals surface area (Å²) < 4.78 is 0. The topological polar surface area (TPSA) is 87.5 Å². The summed E-state index contributed by atoms with van der Waals surface area (Å²) in [5.74, 6) is -0.519. The molecule has 0 saturated carbocycles. The molecule has 1 aromatic carbocycles. The second-order valence-electron chi connectivity index (χ2n) is 5.02. The molecule has 0 spiro atoms. The van der Waals surface area contributed by atoms with Crippen molar-refractivity contribution >= 4 is 29.2 Å². The fraction of sp³-hybridized carbons (Fsp3) is 0.429. The first-order valence-corrected chi connectivity index (χ1v) is 7.26. The number of piperidine rings is 1. The number of hydrogen-bond donors (Lipinski definition) is 3. The van der Waals surface area contributed by atoms with Gasteiger partial charge in [-0.2, -0.15) is 0 Å².